The summed E-state index contributed by atoms with van der Waals surface area (Å²) in [6.45, 7) is 11.7. The lowest BCUT2D eigenvalue weighted by atomic mass is 9.94. The van der Waals surface area contributed by atoms with Gasteiger partial charge in [0.15, 0.2) is 22.8 Å². The van der Waals surface area contributed by atoms with Crippen molar-refractivity contribution in [3.05, 3.63) is 0 Å². The molecule has 4 rings (SSSR count). The van der Waals surface area contributed by atoms with Crippen molar-refractivity contribution in [3.8, 4) is 0 Å². The molecule has 0 aliphatic carbocycles. The molecule has 10 nitrogen and oxygen atoms in total. The highest BCUT2D eigenvalue weighted by Crippen LogP contribution is 2.26. The second-order valence-corrected chi connectivity index (χ2v) is 13.9. The minimum absolute atomic E-state index is 0.150. The fourth-order valence-electron chi connectivity index (χ4n) is 7.48. The number of ketones is 2. The maximum absolute atomic E-state index is 13.4. The van der Waals surface area contributed by atoms with Gasteiger partial charge in [-0.05, 0) is 118 Å². The van der Waals surface area contributed by atoms with Gasteiger partial charge in [-0.1, -0.05) is 25.7 Å². The van der Waals surface area contributed by atoms with Crippen LogP contribution in [-0.4, -0.2) is 133 Å². The van der Waals surface area contributed by atoms with Crippen LogP contribution in [0.25, 0.3) is 0 Å². The second-order valence-electron chi connectivity index (χ2n) is 13.9. The lowest BCUT2D eigenvalue weighted by Crippen LogP contribution is -2.59. The van der Waals surface area contributed by atoms with Crippen molar-refractivity contribution < 1.29 is 28.7 Å². The zero-order valence-corrected chi connectivity index (χ0v) is 27.6. The number of esters is 2. The van der Waals surface area contributed by atoms with Crippen LogP contribution in [0.2, 0.25) is 0 Å². The van der Waals surface area contributed by atoms with Crippen LogP contribution in [0.15, 0.2) is 0 Å². The third-order valence-corrected chi connectivity index (χ3v) is 10.1. The van der Waals surface area contributed by atoms with Crippen molar-refractivity contribution in [2.75, 3.05) is 78.5 Å². The summed E-state index contributed by atoms with van der Waals surface area (Å²) in [4.78, 5) is 62.3. The van der Waals surface area contributed by atoms with Crippen molar-refractivity contribution in [2.24, 2.45) is 0 Å². The molecule has 4 fully saturated rings. The topological polar surface area (TPSA) is 99.7 Å². The predicted molar refractivity (Wildman–Crippen MR) is 169 cm³/mol. The quantitative estimate of drug-likeness (QED) is 0.254. The summed E-state index contributed by atoms with van der Waals surface area (Å²) >= 11 is 0. The van der Waals surface area contributed by atoms with E-state index < -0.39 is 23.1 Å². The van der Waals surface area contributed by atoms with Gasteiger partial charge in [-0.15, -0.1) is 0 Å². The Morgan fingerprint density at radius 2 is 0.659 bits per heavy atom. The Bertz CT molecular complexity index is 833. The van der Waals surface area contributed by atoms with E-state index in [9.17, 15) is 19.2 Å². The molecule has 4 heterocycles. The van der Waals surface area contributed by atoms with Gasteiger partial charge in [0.1, 0.15) is 0 Å². The largest absolute Gasteiger partial charge is 0.448 e. The van der Waals surface area contributed by atoms with Gasteiger partial charge in [0.2, 0.25) is 0 Å². The SMILES string of the molecule is CC(=O)C(CN1CCCCC1)(CN1CCCCC1)OC(=O)CCC(=O)OC(CN1CCCCC1)(CN1CCCCC1)C(C)=O. The Morgan fingerprint density at radius 3 is 0.864 bits per heavy atom. The minimum Gasteiger partial charge on any atom is -0.448 e. The maximum atomic E-state index is 13.4. The molecule has 0 radical (unpaired) electrons. The average Bonchev–Trinajstić information content (AvgIpc) is 3.02. The summed E-state index contributed by atoms with van der Waals surface area (Å²) in [5.74, 6) is -1.43. The summed E-state index contributed by atoms with van der Waals surface area (Å²) in [5, 5.41) is 0. The van der Waals surface area contributed by atoms with Crippen LogP contribution in [0.5, 0.6) is 0 Å². The van der Waals surface area contributed by atoms with Crippen LogP contribution in [-0.2, 0) is 28.7 Å². The molecular formula is C34H58N4O6. The van der Waals surface area contributed by atoms with E-state index in [-0.39, 0.29) is 24.4 Å². The molecule has 10 heteroatoms. The molecule has 0 saturated carbocycles. The summed E-state index contributed by atoms with van der Waals surface area (Å²) in [7, 11) is 0. The molecule has 0 spiro atoms. The molecule has 4 saturated heterocycles. The molecule has 0 bridgehead atoms. The molecule has 4 aliphatic heterocycles. The van der Waals surface area contributed by atoms with E-state index in [1.807, 2.05) is 0 Å². The highest BCUT2D eigenvalue weighted by atomic mass is 16.6. The van der Waals surface area contributed by atoms with Crippen LogP contribution in [0.1, 0.15) is 104 Å². The van der Waals surface area contributed by atoms with Gasteiger partial charge >= 0.3 is 11.9 Å². The Hall–Kier alpha value is -1.88. The van der Waals surface area contributed by atoms with Gasteiger partial charge in [0, 0.05) is 26.2 Å². The summed E-state index contributed by atoms with van der Waals surface area (Å²) in [5.41, 5.74) is -2.53. The van der Waals surface area contributed by atoms with Crippen molar-refractivity contribution in [1.29, 1.82) is 0 Å². The van der Waals surface area contributed by atoms with Crippen LogP contribution in [0.4, 0.5) is 0 Å². The number of hydrogen-bond donors (Lipinski definition) is 0. The zero-order valence-electron chi connectivity index (χ0n) is 27.6. The molecule has 250 valence electrons. The van der Waals surface area contributed by atoms with Crippen molar-refractivity contribution in [1.82, 2.24) is 19.6 Å². The summed E-state index contributed by atoms with van der Waals surface area (Å²) in [6.07, 6.45) is 12.9. The third-order valence-electron chi connectivity index (χ3n) is 10.1. The molecule has 0 atom stereocenters. The lowest BCUT2D eigenvalue weighted by Gasteiger charge is -2.41. The van der Waals surface area contributed by atoms with Gasteiger partial charge in [-0.2, -0.15) is 0 Å². The van der Waals surface area contributed by atoms with Crippen molar-refractivity contribution >= 4 is 23.5 Å². The number of Topliss-reactive ketones (excluding diaryl/α,β-unsaturated/α-hetero) is 2. The van der Waals surface area contributed by atoms with E-state index in [0.717, 1.165) is 104 Å². The number of piperidine rings is 4. The minimum atomic E-state index is -1.26. The van der Waals surface area contributed by atoms with Crippen LogP contribution >= 0.6 is 0 Å². The Kier molecular flexibility index (Phi) is 13.6. The number of rotatable bonds is 15. The van der Waals surface area contributed by atoms with Crippen LogP contribution < -0.4 is 0 Å². The van der Waals surface area contributed by atoms with E-state index in [2.05, 4.69) is 19.6 Å². The number of nitrogens with zero attached hydrogens (tertiary/aromatic N) is 4. The van der Waals surface area contributed by atoms with E-state index in [0.29, 0.717) is 26.2 Å². The number of likely N-dealkylation sites (tertiary alicyclic amines) is 4. The normalized spacial score (nSPS) is 22.0. The van der Waals surface area contributed by atoms with E-state index in [1.54, 1.807) is 0 Å². The smallest absolute Gasteiger partial charge is 0.307 e. The van der Waals surface area contributed by atoms with Gasteiger partial charge < -0.3 is 9.47 Å². The van der Waals surface area contributed by atoms with E-state index in [4.69, 9.17) is 9.47 Å². The Balaban J connectivity index is 1.42. The van der Waals surface area contributed by atoms with Crippen LogP contribution in [0, 0.1) is 0 Å². The van der Waals surface area contributed by atoms with E-state index in [1.165, 1.54) is 39.5 Å². The summed E-state index contributed by atoms with van der Waals surface area (Å²) in [6, 6.07) is 0. The fourth-order valence-corrected chi connectivity index (χ4v) is 7.48. The van der Waals surface area contributed by atoms with Gasteiger partial charge in [-0.3, -0.25) is 38.8 Å². The molecular weight excluding hydrogens is 560 g/mol. The Labute approximate surface area is 265 Å². The second kappa shape index (κ2) is 17.2. The van der Waals surface area contributed by atoms with Gasteiger partial charge in [-0.25, -0.2) is 0 Å². The third kappa shape index (κ3) is 10.3. The highest BCUT2D eigenvalue weighted by Gasteiger charge is 2.45. The number of ether oxygens (including phenoxy) is 2. The molecule has 0 aromatic heterocycles. The van der Waals surface area contributed by atoms with Gasteiger partial charge in [0.05, 0.1) is 12.8 Å². The molecule has 44 heavy (non-hydrogen) atoms. The van der Waals surface area contributed by atoms with Crippen LogP contribution in [0.3, 0.4) is 0 Å². The maximum Gasteiger partial charge on any atom is 0.307 e. The van der Waals surface area contributed by atoms with E-state index >= 15 is 0 Å². The molecule has 0 aromatic rings. The van der Waals surface area contributed by atoms with Gasteiger partial charge in [0.25, 0.3) is 0 Å². The molecule has 0 amide bonds. The predicted octanol–water partition coefficient (Wildman–Crippen LogP) is 3.45. The average molecular weight is 619 g/mol. The molecule has 0 unspecified atom stereocenters. The highest BCUT2D eigenvalue weighted by molar-refractivity contribution is 5.90. The number of carbonyl (C=O) groups is 4. The Morgan fingerprint density at radius 1 is 0.432 bits per heavy atom. The molecule has 0 N–H and O–H groups in total. The lowest BCUT2D eigenvalue weighted by molar-refractivity contribution is -0.177. The summed E-state index contributed by atoms with van der Waals surface area (Å²) < 4.78 is 12.2. The first-order valence-electron chi connectivity index (χ1n) is 17.5. The number of carbonyl (C=O) groups excluding carboxylic acids is 4. The van der Waals surface area contributed by atoms with Crippen molar-refractivity contribution in [3.63, 3.8) is 0 Å². The zero-order chi connectivity index (χ0) is 31.4. The molecule has 0 aromatic carbocycles. The first kappa shape index (κ1) is 35.0. The molecule has 4 aliphatic rings. The standard InChI is InChI=1S/C34H58N4O6/c1-29(39)33(25-35-17-7-3-8-18-35,26-36-19-9-4-10-20-36)43-31(41)15-16-32(42)44-34(30(2)40,27-37-21-11-5-12-22-37)28-38-23-13-6-14-24-38/h3-28H2,1-2H3. The monoisotopic (exact) mass is 618 g/mol. The van der Waals surface area contributed by atoms with Crippen molar-refractivity contribution in [2.45, 2.75) is 115 Å². The fraction of sp³-hybridized carbons (Fsp3) is 0.882. The first-order chi connectivity index (χ1) is 21.2. The number of hydrogen-bond acceptors (Lipinski definition) is 10. The first-order valence-corrected chi connectivity index (χ1v) is 17.5.